The molecule has 3 heterocycles. The van der Waals surface area contributed by atoms with Gasteiger partial charge < -0.3 is 9.80 Å². The second kappa shape index (κ2) is 10.4. The predicted octanol–water partition coefficient (Wildman–Crippen LogP) is 8.86. The lowest BCUT2D eigenvalue weighted by atomic mass is 9.30. The fourth-order valence-electron chi connectivity index (χ4n) is 8.93. The molecule has 7 aromatic carbocycles. The lowest BCUT2D eigenvalue weighted by molar-refractivity contribution is 0.896. The molecule has 0 fully saturated rings. The second-order valence-corrected chi connectivity index (χ2v) is 13.3. The van der Waals surface area contributed by atoms with E-state index >= 15 is 0 Å². The van der Waals surface area contributed by atoms with Gasteiger partial charge in [-0.15, -0.1) is 0 Å². The lowest BCUT2D eigenvalue weighted by Gasteiger charge is -2.48. The van der Waals surface area contributed by atoms with Gasteiger partial charge in [-0.05, 0) is 80.9 Å². The highest BCUT2D eigenvalue weighted by Crippen LogP contribution is 2.56. The van der Waals surface area contributed by atoms with E-state index in [1.54, 1.807) is 0 Å². The third-order valence-electron chi connectivity index (χ3n) is 11.0. The van der Waals surface area contributed by atoms with Gasteiger partial charge in [-0.2, -0.15) is 0 Å². The molecule has 7 aromatic rings. The van der Waals surface area contributed by atoms with Gasteiger partial charge in [-0.25, -0.2) is 0 Å². The highest BCUT2D eigenvalue weighted by Gasteiger charge is 2.47. The SMILES string of the molecule is CN1c2cccc3c2C2c4c(cccc4N(C)c4cccc1c42)B3c1c(-c2ccccc2)cc(-c2ccccc2)cc1-c1ccccc1. The molecule has 0 N–H and O–H groups in total. The predicted molar refractivity (Wildman–Crippen MR) is 204 cm³/mol. The van der Waals surface area contributed by atoms with Crippen LogP contribution < -0.4 is 26.2 Å². The quantitative estimate of drug-likeness (QED) is 0.183. The van der Waals surface area contributed by atoms with E-state index in [1.165, 1.54) is 89.2 Å². The molecule has 0 unspecified atom stereocenters. The van der Waals surface area contributed by atoms with Crippen LogP contribution in [0.1, 0.15) is 22.6 Å². The van der Waals surface area contributed by atoms with Gasteiger partial charge in [-0.1, -0.05) is 138 Å². The van der Waals surface area contributed by atoms with Crippen molar-refractivity contribution >= 4 is 45.9 Å². The van der Waals surface area contributed by atoms with E-state index in [-0.39, 0.29) is 12.6 Å². The van der Waals surface area contributed by atoms with Crippen molar-refractivity contribution in [3.8, 4) is 33.4 Å². The number of rotatable bonds is 4. The first-order chi connectivity index (χ1) is 23.7. The molecule has 3 heteroatoms. The zero-order chi connectivity index (χ0) is 31.9. The third kappa shape index (κ3) is 3.76. The van der Waals surface area contributed by atoms with Crippen molar-refractivity contribution < 1.29 is 0 Å². The van der Waals surface area contributed by atoms with Crippen molar-refractivity contribution in [3.63, 3.8) is 0 Å². The summed E-state index contributed by atoms with van der Waals surface area (Å²) in [5, 5.41) is 0. The summed E-state index contributed by atoms with van der Waals surface area (Å²) in [6.07, 6.45) is 0. The van der Waals surface area contributed by atoms with Gasteiger partial charge in [0.1, 0.15) is 0 Å². The summed E-state index contributed by atoms with van der Waals surface area (Å²) in [6, 6.07) is 58.6. The van der Waals surface area contributed by atoms with Crippen LogP contribution in [0, 0.1) is 0 Å². The maximum atomic E-state index is 2.44. The number of benzene rings is 7. The molecular formula is C45H33BN2. The molecule has 0 aliphatic carbocycles. The molecular weight excluding hydrogens is 579 g/mol. The fraction of sp³-hybridized carbons (Fsp3) is 0.0667. The van der Waals surface area contributed by atoms with E-state index in [2.05, 4.69) is 182 Å². The first kappa shape index (κ1) is 27.3. The Balaban J connectivity index is 1.36. The molecule has 48 heavy (non-hydrogen) atoms. The first-order valence-corrected chi connectivity index (χ1v) is 16.9. The Bertz CT molecular complexity index is 2240. The van der Waals surface area contributed by atoms with Gasteiger partial charge in [0.15, 0.2) is 0 Å². The maximum Gasteiger partial charge on any atom is 0.243 e. The minimum Gasteiger partial charge on any atom is -0.344 e. The van der Waals surface area contributed by atoms with Crippen LogP contribution in [0.2, 0.25) is 0 Å². The smallest absolute Gasteiger partial charge is 0.243 e. The highest BCUT2D eigenvalue weighted by atomic mass is 15.2. The van der Waals surface area contributed by atoms with Gasteiger partial charge in [-0.3, -0.25) is 0 Å². The first-order valence-electron chi connectivity index (χ1n) is 16.9. The third-order valence-corrected chi connectivity index (χ3v) is 11.0. The van der Waals surface area contributed by atoms with Gasteiger partial charge in [0.05, 0.1) is 0 Å². The van der Waals surface area contributed by atoms with Crippen LogP contribution in [0.3, 0.4) is 0 Å². The van der Waals surface area contributed by atoms with Crippen molar-refractivity contribution in [2.24, 2.45) is 0 Å². The molecule has 0 spiro atoms. The fourth-order valence-corrected chi connectivity index (χ4v) is 8.93. The summed E-state index contributed by atoms with van der Waals surface area (Å²) in [7, 11) is 4.48. The van der Waals surface area contributed by atoms with Crippen LogP contribution >= 0.6 is 0 Å². The molecule has 0 aromatic heterocycles. The molecule has 0 atom stereocenters. The Morgan fingerprint density at radius 3 is 1.25 bits per heavy atom. The molecule has 0 saturated carbocycles. The van der Waals surface area contributed by atoms with Crippen LogP contribution in [0.4, 0.5) is 22.7 Å². The minimum atomic E-state index is 0.0370. The highest BCUT2D eigenvalue weighted by molar-refractivity contribution is 6.98. The van der Waals surface area contributed by atoms with E-state index in [9.17, 15) is 0 Å². The standard InChI is InChI=1S/C45H33BN2/c1-47-37-23-12-21-35-41(37)44-42-36(22-13-24-38(42)48(2)40-26-14-25-39(47)43(40)44)46(35)45-33(30-17-8-4-9-18-30)27-32(29-15-6-3-7-16-29)28-34(45)31-19-10-5-11-20-31/h3-28,44H,1-2H3. The molecule has 0 radical (unpaired) electrons. The zero-order valence-corrected chi connectivity index (χ0v) is 27.1. The topological polar surface area (TPSA) is 6.48 Å². The van der Waals surface area contributed by atoms with Crippen molar-refractivity contribution in [2.45, 2.75) is 5.92 Å². The van der Waals surface area contributed by atoms with Crippen molar-refractivity contribution in [1.29, 1.82) is 0 Å². The number of nitrogens with zero attached hydrogens (tertiary/aromatic N) is 2. The van der Waals surface area contributed by atoms with Crippen LogP contribution in [0.15, 0.2) is 158 Å². The minimum absolute atomic E-state index is 0.0370. The lowest BCUT2D eigenvalue weighted by Crippen LogP contribution is -2.60. The molecule has 3 aliphatic heterocycles. The average molecular weight is 613 g/mol. The van der Waals surface area contributed by atoms with Crippen LogP contribution in [-0.2, 0) is 0 Å². The van der Waals surface area contributed by atoms with Crippen LogP contribution in [0.5, 0.6) is 0 Å². The molecule has 0 amide bonds. The number of hydrogen-bond donors (Lipinski definition) is 0. The molecule has 10 rings (SSSR count). The summed E-state index contributed by atoms with van der Waals surface area (Å²) >= 11 is 0. The van der Waals surface area contributed by atoms with Gasteiger partial charge >= 0.3 is 0 Å². The van der Waals surface area contributed by atoms with E-state index in [1.807, 2.05) is 0 Å². The van der Waals surface area contributed by atoms with E-state index in [0.717, 1.165) is 0 Å². The Morgan fingerprint density at radius 2 is 0.792 bits per heavy atom. The Labute approximate surface area is 282 Å². The Hall–Kier alpha value is -5.80. The molecule has 226 valence electrons. The van der Waals surface area contributed by atoms with Gasteiger partial charge in [0.2, 0.25) is 6.71 Å². The Kier molecular flexibility index (Phi) is 5.90. The molecule has 0 bridgehead atoms. The molecule has 3 aliphatic rings. The van der Waals surface area contributed by atoms with Crippen molar-refractivity contribution in [2.75, 3.05) is 23.9 Å². The van der Waals surface area contributed by atoms with Gasteiger partial charge in [0, 0.05) is 48.3 Å². The van der Waals surface area contributed by atoms with Crippen LogP contribution in [0.25, 0.3) is 33.4 Å². The summed E-state index contributed by atoms with van der Waals surface area (Å²) in [5.41, 5.74) is 21.2. The Morgan fingerprint density at radius 1 is 0.396 bits per heavy atom. The molecule has 0 saturated heterocycles. The van der Waals surface area contributed by atoms with E-state index in [0.29, 0.717) is 0 Å². The summed E-state index contributed by atoms with van der Waals surface area (Å²) in [6.45, 7) is 0.0370. The average Bonchev–Trinajstić information content (AvgIpc) is 3.16. The van der Waals surface area contributed by atoms with Gasteiger partial charge in [0.25, 0.3) is 0 Å². The van der Waals surface area contributed by atoms with Crippen LogP contribution in [-0.4, -0.2) is 20.8 Å². The zero-order valence-electron chi connectivity index (χ0n) is 27.1. The van der Waals surface area contributed by atoms with E-state index < -0.39 is 0 Å². The maximum absolute atomic E-state index is 2.44. The molecule has 2 nitrogen and oxygen atoms in total. The van der Waals surface area contributed by atoms with Crippen molar-refractivity contribution in [3.05, 3.63) is 174 Å². The summed E-state index contributed by atoms with van der Waals surface area (Å²) in [5.74, 6) is 0.196. The van der Waals surface area contributed by atoms with Crippen molar-refractivity contribution in [1.82, 2.24) is 0 Å². The number of hydrogen-bond acceptors (Lipinski definition) is 2. The number of anilines is 4. The monoisotopic (exact) mass is 612 g/mol. The normalized spacial score (nSPS) is 13.8. The largest absolute Gasteiger partial charge is 0.344 e. The second-order valence-electron chi connectivity index (χ2n) is 13.3. The summed E-state index contributed by atoms with van der Waals surface area (Å²) < 4.78 is 0. The summed E-state index contributed by atoms with van der Waals surface area (Å²) in [4.78, 5) is 4.85. The van der Waals surface area contributed by atoms with E-state index in [4.69, 9.17) is 0 Å².